The molecule has 2 nitrogen and oxygen atoms in total. The lowest BCUT2D eigenvalue weighted by atomic mass is 9.99. The summed E-state index contributed by atoms with van der Waals surface area (Å²) in [4.78, 5) is 3.68. The lowest BCUT2D eigenvalue weighted by Gasteiger charge is -2.06. The van der Waals surface area contributed by atoms with Crippen LogP contribution in [0.5, 0.6) is 0 Å². The van der Waals surface area contributed by atoms with Crippen molar-refractivity contribution in [2.45, 2.75) is 6.92 Å². The number of halogens is 2. The summed E-state index contributed by atoms with van der Waals surface area (Å²) in [5.74, 6) is -0.948. The molecular formula is C13H8F2N2. The van der Waals surface area contributed by atoms with Crippen molar-refractivity contribution in [2.75, 3.05) is 0 Å². The maximum atomic E-state index is 13.5. The highest BCUT2D eigenvalue weighted by Crippen LogP contribution is 2.25. The van der Waals surface area contributed by atoms with Crippen molar-refractivity contribution >= 4 is 0 Å². The van der Waals surface area contributed by atoms with E-state index in [-0.39, 0.29) is 0 Å². The normalized spacial score (nSPS) is 10.0. The van der Waals surface area contributed by atoms with Gasteiger partial charge in [0.05, 0.1) is 17.8 Å². The first-order chi connectivity index (χ1) is 8.11. The summed E-state index contributed by atoms with van der Waals surface area (Å²) in [5.41, 5.74) is 1.43. The summed E-state index contributed by atoms with van der Waals surface area (Å²) < 4.78 is 26.5. The summed E-state index contributed by atoms with van der Waals surface area (Å²) in [6, 6.07) is 5.85. The number of nitrogens with zero attached hydrogens (tertiary/aromatic N) is 2. The number of hydrogen-bond donors (Lipinski definition) is 0. The van der Waals surface area contributed by atoms with Gasteiger partial charge in [-0.1, -0.05) is 0 Å². The van der Waals surface area contributed by atoms with Crippen molar-refractivity contribution in [1.29, 1.82) is 5.26 Å². The molecule has 1 aromatic carbocycles. The van der Waals surface area contributed by atoms with E-state index in [1.807, 2.05) is 6.07 Å². The number of aromatic nitrogens is 1. The lowest BCUT2D eigenvalue weighted by Crippen LogP contribution is -1.91. The Labute approximate surface area is 97.2 Å². The van der Waals surface area contributed by atoms with Gasteiger partial charge in [0.2, 0.25) is 0 Å². The van der Waals surface area contributed by atoms with E-state index in [9.17, 15) is 8.78 Å². The van der Waals surface area contributed by atoms with Gasteiger partial charge in [0.25, 0.3) is 0 Å². The van der Waals surface area contributed by atoms with Gasteiger partial charge in [-0.25, -0.2) is 8.78 Å². The molecule has 0 atom stereocenters. The third-order valence-electron chi connectivity index (χ3n) is 2.44. The summed E-state index contributed by atoms with van der Waals surface area (Å²) in [6.45, 7) is 1.57. The van der Waals surface area contributed by atoms with Crippen molar-refractivity contribution in [3.63, 3.8) is 0 Å². The molecule has 0 aliphatic rings. The van der Waals surface area contributed by atoms with Gasteiger partial charge >= 0.3 is 0 Å². The minimum Gasteiger partial charge on any atom is -0.261 e. The molecule has 0 spiro atoms. The SMILES string of the molecule is Cc1cc(C#N)c(-c2cncc(F)c2)cc1F. The molecule has 2 aromatic rings. The van der Waals surface area contributed by atoms with Crippen molar-refractivity contribution in [3.05, 3.63) is 53.4 Å². The molecule has 2 rings (SSSR count). The van der Waals surface area contributed by atoms with Crippen LogP contribution in [0.1, 0.15) is 11.1 Å². The monoisotopic (exact) mass is 230 g/mol. The fraction of sp³-hybridized carbons (Fsp3) is 0.0769. The summed E-state index contributed by atoms with van der Waals surface area (Å²) in [5, 5.41) is 8.98. The molecule has 0 saturated heterocycles. The van der Waals surface area contributed by atoms with Gasteiger partial charge in [-0.3, -0.25) is 4.98 Å². The number of rotatable bonds is 1. The third-order valence-corrected chi connectivity index (χ3v) is 2.44. The van der Waals surface area contributed by atoms with E-state index in [1.165, 1.54) is 24.4 Å². The van der Waals surface area contributed by atoms with Crippen LogP contribution in [0.25, 0.3) is 11.1 Å². The van der Waals surface area contributed by atoms with Crippen LogP contribution < -0.4 is 0 Å². The zero-order valence-corrected chi connectivity index (χ0v) is 9.04. The van der Waals surface area contributed by atoms with Crippen LogP contribution in [0.3, 0.4) is 0 Å². The lowest BCUT2D eigenvalue weighted by molar-refractivity contribution is 0.617. The van der Waals surface area contributed by atoms with Crippen molar-refractivity contribution in [3.8, 4) is 17.2 Å². The first kappa shape index (κ1) is 11.2. The van der Waals surface area contributed by atoms with E-state index in [0.717, 1.165) is 6.20 Å². The van der Waals surface area contributed by atoms with E-state index in [0.29, 0.717) is 22.3 Å². The van der Waals surface area contributed by atoms with Gasteiger partial charge in [0, 0.05) is 17.3 Å². The Morgan fingerprint density at radius 3 is 2.59 bits per heavy atom. The van der Waals surface area contributed by atoms with Crippen LogP contribution in [0.15, 0.2) is 30.6 Å². The Bertz CT molecular complexity index is 615. The Morgan fingerprint density at radius 2 is 1.94 bits per heavy atom. The molecule has 0 aliphatic carbocycles. The molecule has 0 aliphatic heterocycles. The number of aryl methyl sites for hydroxylation is 1. The van der Waals surface area contributed by atoms with Crippen LogP contribution >= 0.6 is 0 Å². The Kier molecular flexibility index (Phi) is 2.84. The average Bonchev–Trinajstić information content (AvgIpc) is 2.32. The van der Waals surface area contributed by atoms with E-state index in [1.54, 1.807) is 6.92 Å². The molecular weight excluding hydrogens is 222 g/mol. The zero-order valence-electron chi connectivity index (χ0n) is 9.04. The van der Waals surface area contributed by atoms with Crippen LogP contribution in [0, 0.1) is 29.9 Å². The van der Waals surface area contributed by atoms with Gasteiger partial charge in [-0.05, 0) is 30.7 Å². The fourth-order valence-electron chi connectivity index (χ4n) is 1.57. The first-order valence-corrected chi connectivity index (χ1v) is 4.93. The topological polar surface area (TPSA) is 36.7 Å². The fourth-order valence-corrected chi connectivity index (χ4v) is 1.57. The minimum atomic E-state index is -0.521. The predicted molar refractivity (Wildman–Crippen MR) is 59.0 cm³/mol. The molecule has 0 saturated carbocycles. The maximum Gasteiger partial charge on any atom is 0.142 e. The van der Waals surface area contributed by atoms with Crippen LogP contribution in [-0.2, 0) is 0 Å². The highest BCUT2D eigenvalue weighted by Gasteiger charge is 2.10. The third kappa shape index (κ3) is 2.13. The van der Waals surface area contributed by atoms with Gasteiger partial charge in [0.1, 0.15) is 11.6 Å². The zero-order chi connectivity index (χ0) is 12.4. The van der Waals surface area contributed by atoms with Crippen LogP contribution in [-0.4, -0.2) is 4.98 Å². The number of benzene rings is 1. The van der Waals surface area contributed by atoms with E-state index >= 15 is 0 Å². The second-order valence-corrected chi connectivity index (χ2v) is 3.65. The second kappa shape index (κ2) is 4.30. The molecule has 4 heteroatoms. The van der Waals surface area contributed by atoms with Crippen LogP contribution in [0.2, 0.25) is 0 Å². The molecule has 1 heterocycles. The van der Waals surface area contributed by atoms with Gasteiger partial charge in [0.15, 0.2) is 0 Å². The molecule has 0 amide bonds. The number of pyridine rings is 1. The van der Waals surface area contributed by atoms with Gasteiger partial charge in [-0.2, -0.15) is 5.26 Å². The molecule has 0 radical (unpaired) electrons. The molecule has 17 heavy (non-hydrogen) atoms. The van der Waals surface area contributed by atoms with E-state index in [2.05, 4.69) is 4.98 Å². The van der Waals surface area contributed by atoms with Crippen LogP contribution in [0.4, 0.5) is 8.78 Å². The van der Waals surface area contributed by atoms with Gasteiger partial charge < -0.3 is 0 Å². The first-order valence-electron chi connectivity index (χ1n) is 4.93. The average molecular weight is 230 g/mol. The Morgan fingerprint density at radius 1 is 1.18 bits per heavy atom. The van der Waals surface area contributed by atoms with E-state index in [4.69, 9.17) is 5.26 Å². The van der Waals surface area contributed by atoms with Gasteiger partial charge in [-0.15, -0.1) is 0 Å². The summed E-state index contributed by atoms with van der Waals surface area (Å²) in [6.07, 6.45) is 2.45. The molecule has 0 unspecified atom stereocenters. The number of nitriles is 1. The maximum absolute atomic E-state index is 13.5. The van der Waals surface area contributed by atoms with Crippen molar-refractivity contribution in [2.24, 2.45) is 0 Å². The Balaban J connectivity index is 2.67. The quantitative estimate of drug-likeness (QED) is 0.754. The summed E-state index contributed by atoms with van der Waals surface area (Å²) in [7, 11) is 0. The molecule has 1 aromatic heterocycles. The minimum absolute atomic E-state index is 0.302. The van der Waals surface area contributed by atoms with Crippen molar-refractivity contribution in [1.82, 2.24) is 4.98 Å². The smallest absolute Gasteiger partial charge is 0.142 e. The summed E-state index contributed by atoms with van der Waals surface area (Å²) >= 11 is 0. The molecule has 0 N–H and O–H groups in total. The predicted octanol–water partition coefficient (Wildman–Crippen LogP) is 3.21. The van der Waals surface area contributed by atoms with E-state index < -0.39 is 11.6 Å². The standard InChI is InChI=1S/C13H8F2N2/c1-8-2-9(5-16)12(4-13(8)15)10-3-11(14)7-17-6-10/h2-4,6-7H,1H3. The largest absolute Gasteiger partial charge is 0.261 e. The second-order valence-electron chi connectivity index (χ2n) is 3.65. The Hall–Kier alpha value is -2.28. The van der Waals surface area contributed by atoms with Crippen molar-refractivity contribution < 1.29 is 8.78 Å². The molecule has 84 valence electrons. The number of hydrogen-bond acceptors (Lipinski definition) is 2. The highest BCUT2D eigenvalue weighted by atomic mass is 19.1. The molecule has 0 bridgehead atoms. The highest BCUT2D eigenvalue weighted by molar-refractivity contribution is 5.70. The molecule has 0 fully saturated rings.